The van der Waals surface area contributed by atoms with Crippen molar-refractivity contribution in [2.24, 2.45) is 0 Å². The summed E-state index contributed by atoms with van der Waals surface area (Å²) in [7, 11) is 0. The molecule has 1 aliphatic heterocycles. The normalized spacial score (nSPS) is 14.9. The highest BCUT2D eigenvalue weighted by Crippen LogP contribution is 2.20. The molecule has 0 aromatic carbocycles. The SMILES string of the molecule is CC.O=C(NCCN1CCOCC1)c1cc(-c2ccco2)on1. The number of morpholine rings is 1. The summed E-state index contributed by atoms with van der Waals surface area (Å²) in [6.45, 7) is 8.69. The Bertz CT molecular complexity index is 574. The second kappa shape index (κ2) is 9.12. The molecule has 7 nitrogen and oxygen atoms in total. The molecular weight excluding hydrogens is 298 g/mol. The van der Waals surface area contributed by atoms with Crippen molar-refractivity contribution in [3.63, 3.8) is 0 Å². The van der Waals surface area contributed by atoms with Crippen LogP contribution in [0.3, 0.4) is 0 Å². The maximum atomic E-state index is 12.0. The van der Waals surface area contributed by atoms with Crippen LogP contribution in [-0.4, -0.2) is 55.4 Å². The summed E-state index contributed by atoms with van der Waals surface area (Å²) in [6, 6.07) is 5.07. The van der Waals surface area contributed by atoms with Crippen LogP contribution in [0.2, 0.25) is 0 Å². The summed E-state index contributed by atoms with van der Waals surface area (Å²) in [5.41, 5.74) is 0.253. The van der Waals surface area contributed by atoms with Gasteiger partial charge in [-0.2, -0.15) is 0 Å². The van der Waals surface area contributed by atoms with Crippen LogP contribution in [-0.2, 0) is 4.74 Å². The van der Waals surface area contributed by atoms with Gasteiger partial charge in [-0.05, 0) is 12.1 Å². The summed E-state index contributed by atoms with van der Waals surface area (Å²) >= 11 is 0. The molecule has 0 spiro atoms. The Morgan fingerprint density at radius 1 is 1.30 bits per heavy atom. The molecule has 3 rings (SSSR count). The van der Waals surface area contributed by atoms with Crippen LogP contribution in [0.5, 0.6) is 0 Å². The first-order valence-corrected chi connectivity index (χ1v) is 7.92. The van der Waals surface area contributed by atoms with E-state index in [2.05, 4.69) is 15.4 Å². The summed E-state index contributed by atoms with van der Waals surface area (Å²) < 4.78 is 15.6. The topological polar surface area (TPSA) is 80.7 Å². The van der Waals surface area contributed by atoms with E-state index in [0.29, 0.717) is 18.1 Å². The first kappa shape index (κ1) is 17.2. The van der Waals surface area contributed by atoms with Crippen molar-refractivity contribution in [3.8, 4) is 11.5 Å². The third kappa shape index (κ3) is 4.94. The van der Waals surface area contributed by atoms with Gasteiger partial charge in [0, 0.05) is 32.2 Å². The number of hydrogen-bond donors (Lipinski definition) is 1. The van der Waals surface area contributed by atoms with E-state index in [1.165, 1.54) is 0 Å². The van der Waals surface area contributed by atoms with Gasteiger partial charge in [-0.3, -0.25) is 9.69 Å². The fourth-order valence-corrected chi connectivity index (χ4v) is 2.16. The minimum atomic E-state index is -0.246. The van der Waals surface area contributed by atoms with E-state index in [-0.39, 0.29) is 11.6 Å². The predicted molar refractivity (Wildman–Crippen MR) is 85.1 cm³/mol. The highest BCUT2D eigenvalue weighted by atomic mass is 16.5. The lowest BCUT2D eigenvalue weighted by molar-refractivity contribution is 0.0383. The van der Waals surface area contributed by atoms with Crippen LogP contribution in [0, 0.1) is 0 Å². The average Bonchev–Trinajstić information content (AvgIpc) is 3.29. The van der Waals surface area contributed by atoms with Gasteiger partial charge in [0.2, 0.25) is 5.76 Å². The van der Waals surface area contributed by atoms with E-state index in [9.17, 15) is 4.79 Å². The molecule has 1 aliphatic rings. The fourth-order valence-electron chi connectivity index (χ4n) is 2.16. The molecule has 3 heterocycles. The number of furan rings is 1. The highest BCUT2D eigenvalue weighted by Gasteiger charge is 2.15. The van der Waals surface area contributed by atoms with E-state index < -0.39 is 0 Å². The molecule has 1 saturated heterocycles. The number of rotatable bonds is 5. The Morgan fingerprint density at radius 3 is 2.78 bits per heavy atom. The Morgan fingerprint density at radius 2 is 2.09 bits per heavy atom. The molecule has 1 N–H and O–H groups in total. The van der Waals surface area contributed by atoms with Crippen molar-refractivity contribution in [2.45, 2.75) is 13.8 Å². The van der Waals surface area contributed by atoms with Crippen LogP contribution < -0.4 is 5.32 Å². The number of ether oxygens (including phenoxy) is 1. The Kier molecular flexibility index (Phi) is 6.83. The van der Waals surface area contributed by atoms with Crippen LogP contribution in [0.1, 0.15) is 24.3 Å². The highest BCUT2D eigenvalue weighted by molar-refractivity contribution is 5.92. The largest absolute Gasteiger partial charge is 0.461 e. The molecule has 2 aromatic rings. The Labute approximate surface area is 135 Å². The van der Waals surface area contributed by atoms with Gasteiger partial charge >= 0.3 is 0 Å². The van der Waals surface area contributed by atoms with Gasteiger partial charge in [0.25, 0.3) is 5.91 Å². The first-order valence-electron chi connectivity index (χ1n) is 7.92. The number of carbonyl (C=O) groups is 1. The van der Waals surface area contributed by atoms with Crippen LogP contribution in [0.4, 0.5) is 0 Å². The molecule has 23 heavy (non-hydrogen) atoms. The van der Waals surface area contributed by atoms with Crippen LogP contribution in [0.15, 0.2) is 33.4 Å². The third-order valence-electron chi connectivity index (χ3n) is 3.32. The average molecular weight is 321 g/mol. The zero-order valence-corrected chi connectivity index (χ0v) is 13.6. The quantitative estimate of drug-likeness (QED) is 0.907. The number of hydrogen-bond acceptors (Lipinski definition) is 6. The van der Waals surface area contributed by atoms with Gasteiger partial charge in [-0.15, -0.1) is 0 Å². The van der Waals surface area contributed by atoms with E-state index in [0.717, 1.165) is 32.8 Å². The van der Waals surface area contributed by atoms with E-state index in [1.807, 2.05) is 13.8 Å². The predicted octanol–water partition coefficient (Wildman–Crippen LogP) is 2.02. The molecule has 0 unspecified atom stereocenters. The molecule has 0 atom stereocenters. The van der Waals surface area contributed by atoms with Gasteiger partial charge < -0.3 is 19.0 Å². The molecule has 126 valence electrons. The van der Waals surface area contributed by atoms with Crippen molar-refractivity contribution in [1.82, 2.24) is 15.4 Å². The minimum absolute atomic E-state index is 0.246. The molecule has 0 radical (unpaired) electrons. The molecule has 1 fully saturated rings. The van der Waals surface area contributed by atoms with Gasteiger partial charge in [-0.1, -0.05) is 19.0 Å². The Balaban J connectivity index is 0.000000924. The smallest absolute Gasteiger partial charge is 0.273 e. The Hall–Kier alpha value is -2.12. The van der Waals surface area contributed by atoms with Gasteiger partial charge in [0.05, 0.1) is 19.5 Å². The van der Waals surface area contributed by atoms with E-state index in [1.54, 1.807) is 24.5 Å². The maximum absolute atomic E-state index is 12.0. The molecule has 2 aromatic heterocycles. The lowest BCUT2D eigenvalue weighted by Gasteiger charge is -2.26. The van der Waals surface area contributed by atoms with Crippen molar-refractivity contribution in [2.75, 3.05) is 39.4 Å². The zero-order valence-electron chi connectivity index (χ0n) is 13.6. The van der Waals surface area contributed by atoms with Crippen LogP contribution >= 0.6 is 0 Å². The minimum Gasteiger partial charge on any atom is -0.461 e. The second-order valence-corrected chi connectivity index (χ2v) is 4.76. The summed E-state index contributed by atoms with van der Waals surface area (Å²) in [4.78, 5) is 14.2. The van der Waals surface area contributed by atoms with Crippen molar-refractivity contribution in [3.05, 3.63) is 30.2 Å². The number of nitrogens with one attached hydrogen (secondary N) is 1. The van der Waals surface area contributed by atoms with Crippen molar-refractivity contribution >= 4 is 5.91 Å². The number of nitrogens with zero attached hydrogens (tertiary/aromatic N) is 2. The molecule has 0 bridgehead atoms. The number of aromatic nitrogens is 1. The molecular formula is C16H23N3O4. The number of amides is 1. The monoisotopic (exact) mass is 321 g/mol. The lowest BCUT2D eigenvalue weighted by Crippen LogP contribution is -2.41. The molecule has 7 heteroatoms. The number of carbonyl (C=O) groups excluding carboxylic acids is 1. The standard InChI is InChI=1S/C14H17N3O4.C2H6/c18-14(15-3-4-17-5-8-19-9-6-17)11-10-13(21-16-11)12-2-1-7-20-12;1-2/h1-2,7,10H,3-6,8-9H2,(H,15,18);1-2H3. The van der Waals surface area contributed by atoms with Gasteiger partial charge in [-0.25, -0.2) is 0 Å². The fraction of sp³-hybridized carbons (Fsp3) is 0.500. The third-order valence-corrected chi connectivity index (χ3v) is 3.32. The molecule has 0 saturated carbocycles. The van der Waals surface area contributed by atoms with Crippen LogP contribution in [0.25, 0.3) is 11.5 Å². The van der Waals surface area contributed by atoms with E-state index >= 15 is 0 Å². The van der Waals surface area contributed by atoms with Crippen molar-refractivity contribution in [1.29, 1.82) is 0 Å². The summed E-state index contributed by atoms with van der Waals surface area (Å²) in [5.74, 6) is 0.748. The zero-order chi connectivity index (χ0) is 16.5. The molecule has 0 aliphatic carbocycles. The summed E-state index contributed by atoms with van der Waals surface area (Å²) in [5, 5.41) is 6.59. The van der Waals surface area contributed by atoms with E-state index in [4.69, 9.17) is 13.7 Å². The summed E-state index contributed by atoms with van der Waals surface area (Å²) in [6.07, 6.45) is 1.54. The maximum Gasteiger partial charge on any atom is 0.273 e. The lowest BCUT2D eigenvalue weighted by atomic mass is 10.3. The molecule has 1 amide bonds. The second-order valence-electron chi connectivity index (χ2n) is 4.76. The van der Waals surface area contributed by atoms with Crippen molar-refractivity contribution < 1.29 is 18.5 Å². The van der Waals surface area contributed by atoms with Gasteiger partial charge in [0.1, 0.15) is 0 Å². The van der Waals surface area contributed by atoms with Gasteiger partial charge in [0.15, 0.2) is 11.5 Å². The first-order chi connectivity index (χ1) is 11.3.